The predicted molar refractivity (Wildman–Crippen MR) is 76.2 cm³/mol. The summed E-state index contributed by atoms with van der Waals surface area (Å²) in [5.41, 5.74) is 0. The summed E-state index contributed by atoms with van der Waals surface area (Å²) in [6.07, 6.45) is 0. The molecule has 0 rings (SSSR count). The van der Waals surface area contributed by atoms with Crippen molar-refractivity contribution in [2.45, 2.75) is 0 Å². The first-order chi connectivity index (χ1) is 0. The zero-order valence-electron chi connectivity index (χ0n) is 2.78. The van der Waals surface area contributed by atoms with E-state index < -0.39 is 0 Å². The summed E-state index contributed by atoms with van der Waals surface area (Å²) >= 11 is 0. The van der Waals surface area contributed by atoms with Gasteiger partial charge in [0.25, 0.3) is 0 Å². The van der Waals surface area contributed by atoms with Gasteiger partial charge in [0.1, 0.15) is 0 Å². The van der Waals surface area contributed by atoms with Crippen LogP contribution in [0.3, 0.4) is 0 Å². The fraction of sp³-hybridized carbons (Fsp3) is 0. The zero-order valence-corrected chi connectivity index (χ0v) is 15.5. The molecule has 9 heavy (non-hydrogen) atoms. The summed E-state index contributed by atoms with van der Waals surface area (Å²) in [5.74, 6) is 0. The van der Waals surface area contributed by atoms with Gasteiger partial charge in [0.05, 0.1) is 0 Å². The van der Waals surface area contributed by atoms with E-state index in [0.29, 0.717) is 0 Å². The molecule has 0 nitrogen and oxygen atoms in total. The molecular formula is H8Br6IrK2. The monoisotopic (exact) mass is 752 g/mol. The molecule has 1 radical (unpaired) electrons. The second-order valence-electron chi connectivity index (χ2n) is 0. The Morgan fingerprint density at radius 1 is 0.333 bits per heavy atom. The van der Waals surface area contributed by atoms with E-state index in [0.717, 1.165) is 0 Å². The molecule has 0 atom stereocenters. The third-order valence-electron chi connectivity index (χ3n) is 0. The van der Waals surface area contributed by atoms with Crippen LogP contribution in [0.1, 0.15) is 0 Å². The van der Waals surface area contributed by atoms with E-state index in [1.165, 1.54) is 0 Å². The first-order valence-corrected chi connectivity index (χ1v) is 0. The third-order valence-corrected chi connectivity index (χ3v) is 0. The minimum absolute atomic E-state index is 0. The van der Waals surface area contributed by atoms with Crippen molar-refractivity contribution in [2.24, 2.45) is 0 Å². The van der Waals surface area contributed by atoms with Gasteiger partial charge >= 0.3 is 103 Å². The Morgan fingerprint density at radius 3 is 0.333 bits per heavy atom. The summed E-state index contributed by atoms with van der Waals surface area (Å²) < 4.78 is 0. The predicted octanol–water partition coefficient (Wildman–Crippen LogP) is 2.17. The summed E-state index contributed by atoms with van der Waals surface area (Å²) in [4.78, 5) is 0. The number of hydrogen-bond donors (Lipinski definition) is 0. The van der Waals surface area contributed by atoms with Gasteiger partial charge in [0.2, 0.25) is 0 Å². The molecule has 9 heteroatoms. The maximum absolute atomic E-state index is 0. The molecule has 0 aliphatic carbocycles. The topological polar surface area (TPSA) is 0 Å². The van der Waals surface area contributed by atoms with E-state index in [1.807, 2.05) is 0 Å². The van der Waals surface area contributed by atoms with Crippen LogP contribution in [0.5, 0.6) is 0 Å². The Balaban J connectivity index is 0. The average molecular weight is 758 g/mol. The first-order valence-electron chi connectivity index (χ1n) is 0. The molecule has 0 amide bonds. The van der Waals surface area contributed by atoms with Crippen LogP contribution in [0.4, 0.5) is 0 Å². The van der Waals surface area contributed by atoms with E-state index in [9.17, 15) is 0 Å². The van der Waals surface area contributed by atoms with E-state index >= 15 is 0 Å². The van der Waals surface area contributed by atoms with Crippen LogP contribution >= 0.6 is 102 Å². The Hall–Kier alpha value is 6.80. The maximum atomic E-state index is 0. The van der Waals surface area contributed by atoms with Gasteiger partial charge in [0, 0.05) is 20.1 Å². The molecule has 0 fully saturated rings. The van der Waals surface area contributed by atoms with Crippen molar-refractivity contribution in [2.75, 3.05) is 0 Å². The van der Waals surface area contributed by atoms with Gasteiger partial charge in [-0.3, -0.25) is 0 Å². The Morgan fingerprint density at radius 2 is 0.333 bits per heavy atom. The number of halogens is 6. The third kappa shape index (κ3) is 52.4. The second kappa shape index (κ2) is 60.9. The minimum atomic E-state index is 0. The van der Waals surface area contributed by atoms with Gasteiger partial charge in [-0.2, -0.15) is 0 Å². The molecule has 0 bridgehead atoms. The summed E-state index contributed by atoms with van der Waals surface area (Å²) in [5, 5.41) is 0. The van der Waals surface area contributed by atoms with E-state index in [4.69, 9.17) is 0 Å². The van der Waals surface area contributed by atoms with Crippen molar-refractivity contribution in [3.8, 4) is 0 Å². The van der Waals surface area contributed by atoms with Crippen molar-refractivity contribution in [3.63, 3.8) is 0 Å². The summed E-state index contributed by atoms with van der Waals surface area (Å²) in [6.45, 7) is 0. The molecule has 61 valence electrons. The molecular weight excluding hydrogens is 750 g/mol. The standard InChI is InChI=1S/6BrH.Ir.2K.2H/h6*1H;;;;;. The molecule has 0 aliphatic rings. The number of hydrogen-bond acceptors (Lipinski definition) is 0. The molecule has 0 aromatic rings. The van der Waals surface area contributed by atoms with Crippen LogP contribution in [0, 0.1) is 0 Å². The van der Waals surface area contributed by atoms with Crippen LogP contribution in [0.15, 0.2) is 0 Å². The van der Waals surface area contributed by atoms with E-state index in [1.54, 1.807) is 0 Å². The average Bonchev–Trinajstić information content (AvgIpc) is 0. The molecule has 0 spiro atoms. The van der Waals surface area contributed by atoms with Gasteiger partial charge in [0.15, 0.2) is 0 Å². The van der Waals surface area contributed by atoms with Gasteiger partial charge in [-0.25, -0.2) is 0 Å². The van der Waals surface area contributed by atoms with Crippen molar-refractivity contribution in [1.29, 1.82) is 0 Å². The van der Waals surface area contributed by atoms with Crippen LogP contribution < -0.4 is 0 Å². The number of rotatable bonds is 0. The first kappa shape index (κ1) is 74.8. The Labute approximate surface area is 218 Å². The zero-order chi connectivity index (χ0) is 0. The molecule has 0 aliphatic heterocycles. The molecule has 0 unspecified atom stereocenters. The van der Waals surface area contributed by atoms with E-state index in [2.05, 4.69) is 0 Å². The van der Waals surface area contributed by atoms with Crippen molar-refractivity contribution >= 4 is 205 Å². The molecule has 0 heterocycles. The van der Waals surface area contributed by atoms with Gasteiger partial charge in [-0.15, -0.1) is 102 Å². The fourth-order valence-electron chi connectivity index (χ4n) is 0. The molecule has 0 aromatic heterocycles. The molecule has 0 saturated heterocycles. The molecule has 0 saturated carbocycles. The van der Waals surface area contributed by atoms with Crippen molar-refractivity contribution in [3.05, 3.63) is 0 Å². The molecule has 0 aromatic carbocycles. The van der Waals surface area contributed by atoms with E-state index in [-0.39, 0.29) is 225 Å². The van der Waals surface area contributed by atoms with Crippen molar-refractivity contribution in [1.82, 2.24) is 0 Å². The second-order valence-corrected chi connectivity index (χ2v) is 0. The van der Waals surface area contributed by atoms with Crippen LogP contribution in [0.25, 0.3) is 0 Å². The Kier molecular flexibility index (Phi) is 507. The summed E-state index contributed by atoms with van der Waals surface area (Å²) in [6, 6.07) is 0. The van der Waals surface area contributed by atoms with Crippen LogP contribution in [-0.4, -0.2) is 103 Å². The van der Waals surface area contributed by atoms with Crippen LogP contribution in [-0.2, 0) is 20.1 Å². The normalized spacial score (nSPS) is 0. The van der Waals surface area contributed by atoms with Gasteiger partial charge in [-0.05, 0) is 0 Å². The fourth-order valence-corrected chi connectivity index (χ4v) is 0. The van der Waals surface area contributed by atoms with Gasteiger partial charge < -0.3 is 0 Å². The van der Waals surface area contributed by atoms with Crippen molar-refractivity contribution < 1.29 is 20.1 Å². The SMILES string of the molecule is Br.Br.Br.Br.Br.Br.[Ir].[KH].[KH]. The summed E-state index contributed by atoms with van der Waals surface area (Å²) in [7, 11) is 0. The Bertz CT molecular complexity index is 11.0. The van der Waals surface area contributed by atoms with Gasteiger partial charge in [-0.1, -0.05) is 0 Å². The van der Waals surface area contributed by atoms with Crippen LogP contribution in [0.2, 0.25) is 0 Å². The molecule has 0 N–H and O–H groups in total. The quantitative estimate of drug-likeness (QED) is 0.333.